The van der Waals surface area contributed by atoms with Crippen molar-refractivity contribution in [2.24, 2.45) is 5.92 Å². The summed E-state index contributed by atoms with van der Waals surface area (Å²) in [6.45, 7) is 7.39. The highest BCUT2D eigenvalue weighted by Crippen LogP contribution is 2.40. The first-order valence-corrected chi connectivity index (χ1v) is 14.8. The van der Waals surface area contributed by atoms with Crippen molar-refractivity contribution >= 4 is 0 Å². The molecule has 2 fully saturated rings. The molecule has 0 bridgehead atoms. The van der Waals surface area contributed by atoms with Crippen molar-refractivity contribution < 1.29 is 27.4 Å². The van der Waals surface area contributed by atoms with Gasteiger partial charge in [0.25, 0.3) is 0 Å². The van der Waals surface area contributed by atoms with Crippen LogP contribution in [-0.2, 0) is 4.74 Å². The second-order valence-corrected chi connectivity index (χ2v) is 11.1. The highest BCUT2D eigenvalue weighted by molar-refractivity contribution is 5.34. The molecule has 2 aromatic carbocycles. The molecule has 6 heteroatoms. The van der Waals surface area contributed by atoms with Gasteiger partial charge in [-0.1, -0.05) is 31.6 Å². The summed E-state index contributed by atoms with van der Waals surface area (Å²) in [5.41, 5.74) is 1.17. The summed E-state index contributed by atoms with van der Waals surface area (Å²) in [6.07, 6.45) is 11.6. The maximum atomic E-state index is 15.0. The fourth-order valence-electron chi connectivity index (χ4n) is 5.94. The minimum Gasteiger partial charge on any atom is -0.493 e. The molecular formula is C33H43F3O3. The number of hydrogen-bond acceptors (Lipinski definition) is 3. The van der Waals surface area contributed by atoms with E-state index < -0.39 is 11.6 Å². The molecule has 2 saturated carbocycles. The second-order valence-electron chi connectivity index (χ2n) is 11.1. The van der Waals surface area contributed by atoms with Crippen LogP contribution >= 0.6 is 0 Å². The van der Waals surface area contributed by atoms with Crippen LogP contribution in [0, 0.1) is 23.4 Å². The highest BCUT2D eigenvalue weighted by Gasteiger charge is 2.28. The van der Waals surface area contributed by atoms with E-state index in [1.807, 2.05) is 12.1 Å². The molecule has 4 rings (SSSR count). The zero-order chi connectivity index (χ0) is 27.6. The number of benzene rings is 2. The molecule has 0 unspecified atom stereocenters. The van der Waals surface area contributed by atoms with Gasteiger partial charge in [-0.15, -0.1) is 6.58 Å². The molecule has 39 heavy (non-hydrogen) atoms. The minimum absolute atomic E-state index is 0.0167. The van der Waals surface area contributed by atoms with E-state index in [2.05, 4.69) is 13.5 Å². The third-order valence-corrected chi connectivity index (χ3v) is 8.37. The Hall–Kier alpha value is -2.47. The van der Waals surface area contributed by atoms with Crippen molar-refractivity contribution in [1.82, 2.24) is 0 Å². The molecule has 0 heterocycles. The third kappa shape index (κ3) is 8.03. The molecular weight excluding hydrogens is 501 g/mol. The molecule has 3 nitrogen and oxygen atoms in total. The summed E-state index contributed by atoms with van der Waals surface area (Å²) in [5.74, 6) is -1.000. The van der Waals surface area contributed by atoms with E-state index in [1.54, 1.807) is 18.2 Å². The maximum Gasteiger partial charge on any atom is 0.200 e. The molecule has 2 aliphatic carbocycles. The molecule has 0 N–H and O–H groups in total. The molecule has 0 saturated heterocycles. The van der Waals surface area contributed by atoms with Crippen molar-refractivity contribution in [1.29, 1.82) is 0 Å². The summed E-state index contributed by atoms with van der Waals surface area (Å²) in [6, 6.07) is 8.39. The lowest BCUT2D eigenvalue weighted by Gasteiger charge is -2.30. The Kier molecular flexibility index (Phi) is 11.2. The van der Waals surface area contributed by atoms with Crippen LogP contribution in [0.25, 0.3) is 0 Å². The van der Waals surface area contributed by atoms with Crippen LogP contribution in [0.2, 0.25) is 0 Å². The summed E-state index contributed by atoms with van der Waals surface area (Å²) >= 11 is 0. The average molecular weight is 545 g/mol. The first-order valence-electron chi connectivity index (χ1n) is 14.8. The van der Waals surface area contributed by atoms with E-state index in [4.69, 9.17) is 14.2 Å². The van der Waals surface area contributed by atoms with Gasteiger partial charge in [-0.05, 0) is 105 Å². The van der Waals surface area contributed by atoms with Gasteiger partial charge in [0.2, 0.25) is 5.82 Å². The summed E-state index contributed by atoms with van der Waals surface area (Å²) in [7, 11) is 0. The Morgan fingerprint density at radius 1 is 0.821 bits per heavy atom. The largest absolute Gasteiger partial charge is 0.493 e. The Labute approximate surface area is 231 Å². The lowest BCUT2D eigenvalue weighted by molar-refractivity contribution is 0.0230. The van der Waals surface area contributed by atoms with E-state index in [9.17, 15) is 8.78 Å². The normalized spacial score (nSPS) is 23.4. The van der Waals surface area contributed by atoms with Crippen molar-refractivity contribution in [2.45, 2.75) is 95.5 Å². The van der Waals surface area contributed by atoms with Gasteiger partial charge in [-0.3, -0.25) is 0 Å². The van der Waals surface area contributed by atoms with E-state index >= 15 is 4.39 Å². The molecule has 0 atom stereocenters. The quantitative estimate of drug-likeness (QED) is 0.186. The Bertz CT molecular complexity index is 1060. The van der Waals surface area contributed by atoms with E-state index in [0.717, 1.165) is 76.4 Å². The molecule has 214 valence electrons. The topological polar surface area (TPSA) is 27.7 Å². The van der Waals surface area contributed by atoms with Crippen molar-refractivity contribution in [3.63, 3.8) is 0 Å². The lowest BCUT2D eigenvalue weighted by Crippen LogP contribution is -2.22. The number of unbranched alkanes of at least 4 members (excludes halogenated alkanes) is 1. The Balaban J connectivity index is 1.24. The van der Waals surface area contributed by atoms with E-state index in [1.165, 1.54) is 6.07 Å². The van der Waals surface area contributed by atoms with Gasteiger partial charge in [0, 0.05) is 12.7 Å². The SMILES string of the molecule is C=CCCOc1ccc(C2CCC(COc3ccc(C4CCC(OCCCC)CC4)c(F)c3F)CC2)c(F)c1. The van der Waals surface area contributed by atoms with Gasteiger partial charge in [-0.2, -0.15) is 4.39 Å². The van der Waals surface area contributed by atoms with Gasteiger partial charge < -0.3 is 14.2 Å². The average Bonchev–Trinajstić information content (AvgIpc) is 2.95. The number of rotatable bonds is 13. The van der Waals surface area contributed by atoms with Crippen LogP contribution < -0.4 is 9.47 Å². The van der Waals surface area contributed by atoms with Crippen LogP contribution in [0.3, 0.4) is 0 Å². The number of halogens is 3. The first-order chi connectivity index (χ1) is 19.0. The standard InChI is InChI=1S/C33H43F3O3/c1-3-5-19-37-26-13-11-25(12-14-26)29-17-18-31(33(36)32(29)35)39-22-23-7-9-24(10-8-23)28-16-15-27(21-30(28)34)38-20-6-4-2/h4,15-18,21,23-26H,2-3,5-14,19-20,22H2,1H3. The van der Waals surface area contributed by atoms with E-state index in [-0.39, 0.29) is 35.4 Å². The predicted octanol–water partition coefficient (Wildman–Crippen LogP) is 9.25. The van der Waals surface area contributed by atoms with Gasteiger partial charge in [0.15, 0.2) is 11.6 Å². The minimum atomic E-state index is -0.889. The molecule has 0 aliphatic heterocycles. The summed E-state index contributed by atoms with van der Waals surface area (Å²) in [4.78, 5) is 0. The predicted molar refractivity (Wildman–Crippen MR) is 149 cm³/mol. The van der Waals surface area contributed by atoms with E-state index in [0.29, 0.717) is 30.9 Å². The smallest absolute Gasteiger partial charge is 0.200 e. The zero-order valence-electron chi connectivity index (χ0n) is 23.2. The number of hydrogen-bond donors (Lipinski definition) is 0. The van der Waals surface area contributed by atoms with Crippen LogP contribution in [-0.4, -0.2) is 25.9 Å². The molecule has 0 aromatic heterocycles. The van der Waals surface area contributed by atoms with Crippen LogP contribution in [0.5, 0.6) is 11.5 Å². The van der Waals surface area contributed by atoms with Gasteiger partial charge in [0.1, 0.15) is 11.6 Å². The van der Waals surface area contributed by atoms with Crippen LogP contribution in [0.1, 0.15) is 101 Å². The first kappa shape index (κ1) is 29.5. The van der Waals surface area contributed by atoms with Crippen molar-refractivity contribution in [2.75, 3.05) is 19.8 Å². The monoisotopic (exact) mass is 544 g/mol. The maximum absolute atomic E-state index is 15.0. The molecule has 0 spiro atoms. The molecule has 2 aliphatic rings. The fourth-order valence-corrected chi connectivity index (χ4v) is 5.94. The third-order valence-electron chi connectivity index (χ3n) is 8.37. The molecule has 2 aromatic rings. The van der Waals surface area contributed by atoms with Crippen molar-refractivity contribution in [3.05, 3.63) is 71.6 Å². The molecule has 0 amide bonds. The molecule has 0 radical (unpaired) electrons. The van der Waals surface area contributed by atoms with Gasteiger partial charge in [0.05, 0.1) is 19.3 Å². The Morgan fingerprint density at radius 2 is 1.51 bits per heavy atom. The van der Waals surface area contributed by atoms with Crippen molar-refractivity contribution in [3.8, 4) is 11.5 Å². The number of ether oxygens (including phenoxy) is 3. The van der Waals surface area contributed by atoms with Gasteiger partial charge >= 0.3 is 0 Å². The lowest BCUT2D eigenvalue weighted by atomic mass is 9.79. The second kappa shape index (κ2) is 14.8. The van der Waals surface area contributed by atoms with Gasteiger partial charge in [-0.25, -0.2) is 8.78 Å². The summed E-state index contributed by atoms with van der Waals surface area (Å²) in [5, 5.41) is 0. The van der Waals surface area contributed by atoms with Crippen LogP contribution in [0.4, 0.5) is 13.2 Å². The summed E-state index contributed by atoms with van der Waals surface area (Å²) < 4.78 is 61.9. The van der Waals surface area contributed by atoms with Crippen LogP contribution in [0.15, 0.2) is 43.0 Å². The highest BCUT2D eigenvalue weighted by atomic mass is 19.2. The fraction of sp³-hybridized carbons (Fsp3) is 0.576. The Morgan fingerprint density at radius 3 is 2.21 bits per heavy atom. The zero-order valence-corrected chi connectivity index (χ0v) is 23.2.